The van der Waals surface area contributed by atoms with Gasteiger partial charge in [0.1, 0.15) is 0 Å². The zero-order valence-electron chi connectivity index (χ0n) is 5.26. The summed E-state index contributed by atoms with van der Waals surface area (Å²) in [4.78, 5) is 9.57. The van der Waals surface area contributed by atoms with Crippen molar-refractivity contribution in [1.82, 2.24) is 0 Å². The Morgan fingerprint density at radius 2 is 2.30 bits per heavy atom. The van der Waals surface area contributed by atoms with E-state index in [9.17, 15) is 0 Å². The first-order chi connectivity index (χ1) is 4.93. The maximum atomic E-state index is 4.86. The Hall–Kier alpha value is -0.955. The molecule has 1 aliphatic heterocycles. The minimum absolute atomic E-state index is 0.874. The minimum atomic E-state index is 0.874. The van der Waals surface area contributed by atoms with Gasteiger partial charge in [0.25, 0.3) is 0 Å². The quantitative estimate of drug-likeness (QED) is 0.374. The van der Waals surface area contributed by atoms with Crippen LogP contribution in [0.25, 0.3) is 0 Å². The van der Waals surface area contributed by atoms with E-state index >= 15 is 0 Å². The van der Waals surface area contributed by atoms with Crippen LogP contribution in [-0.4, -0.2) is 7.48 Å². The standard InChI is InChI=1S/C7H4BO2/c1-4-2-5(1)7-6(3-4)9-10-8-7/h1,3H,2H2. The van der Waals surface area contributed by atoms with Crippen LogP contribution in [0, 0.1) is 0 Å². The van der Waals surface area contributed by atoms with Gasteiger partial charge in [0.05, 0.1) is 0 Å². The molecule has 0 spiro atoms. The summed E-state index contributed by atoms with van der Waals surface area (Å²) in [7, 11) is 1.66. The molecule has 0 saturated carbocycles. The maximum absolute atomic E-state index is 4.86. The molecular formula is C7H4BO2. The van der Waals surface area contributed by atoms with Gasteiger partial charge in [-0.2, -0.15) is 0 Å². The molecule has 4 rings (SSSR count). The summed E-state index contributed by atoms with van der Waals surface area (Å²) in [5.74, 6) is 0.874. The van der Waals surface area contributed by atoms with E-state index < -0.39 is 0 Å². The van der Waals surface area contributed by atoms with Crippen molar-refractivity contribution >= 4 is 12.9 Å². The van der Waals surface area contributed by atoms with Crippen LogP contribution in [0.2, 0.25) is 0 Å². The van der Waals surface area contributed by atoms with Crippen molar-refractivity contribution < 1.29 is 9.69 Å². The van der Waals surface area contributed by atoms with Gasteiger partial charge >= 0.3 is 7.48 Å². The highest BCUT2D eigenvalue weighted by Crippen LogP contribution is 2.27. The summed E-state index contributed by atoms with van der Waals surface area (Å²) in [5.41, 5.74) is 3.80. The van der Waals surface area contributed by atoms with Gasteiger partial charge in [-0.15, -0.1) is 0 Å². The lowest BCUT2D eigenvalue weighted by Gasteiger charge is -2.16. The average molecular weight is 131 g/mol. The zero-order chi connectivity index (χ0) is 6.55. The SMILES string of the molecule is [B]1OOc2cc3cc(c21)C3. The van der Waals surface area contributed by atoms with Gasteiger partial charge in [0.2, 0.25) is 0 Å². The molecule has 47 valence electrons. The fourth-order valence-corrected chi connectivity index (χ4v) is 1.41. The van der Waals surface area contributed by atoms with Gasteiger partial charge in [-0.25, -0.2) is 0 Å². The Morgan fingerprint density at radius 1 is 1.40 bits per heavy atom. The van der Waals surface area contributed by atoms with Crippen molar-refractivity contribution in [3.8, 4) is 5.75 Å². The summed E-state index contributed by atoms with van der Waals surface area (Å²) in [5, 5.41) is 0. The van der Waals surface area contributed by atoms with Crippen LogP contribution >= 0.6 is 0 Å². The van der Waals surface area contributed by atoms with Crippen molar-refractivity contribution in [2.75, 3.05) is 0 Å². The molecule has 0 amide bonds. The molecule has 3 heteroatoms. The first-order valence-electron chi connectivity index (χ1n) is 3.26. The topological polar surface area (TPSA) is 18.5 Å². The van der Waals surface area contributed by atoms with Crippen molar-refractivity contribution in [1.29, 1.82) is 0 Å². The summed E-state index contributed by atoms with van der Waals surface area (Å²) >= 11 is 0. The van der Waals surface area contributed by atoms with Crippen LogP contribution in [0.1, 0.15) is 11.1 Å². The van der Waals surface area contributed by atoms with Crippen molar-refractivity contribution in [2.24, 2.45) is 0 Å². The molecule has 1 heterocycles. The molecule has 10 heavy (non-hydrogen) atoms. The fraction of sp³-hybridized carbons (Fsp3) is 0.143. The highest BCUT2D eigenvalue weighted by Gasteiger charge is 2.26. The predicted molar refractivity (Wildman–Crippen MR) is 36.3 cm³/mol. The van der Waals surface area contributed by atoms with Gasteiger partial charge in [0.15, 0.2) is 5.75 Å². The molecule has 0 atom stereocenters. The molecule has 0 saturated heterocycles. The first kappa shape index (κ1) is 4.80. The Morgan fingerprint density at radius 3 is 3.10 bits per heavy atom. The van der Waals surface area contributed by atoms with E-state index in [2.05, 4.69) is 6.07 Å². The molecule has 0 fully saturated rings. The van der Waals surface area contributed by atoms with Gasteiger partial charge < -0.3 is 4.89 Å². The molecule has 1 aromatic rings. The second-order valence-electron chi connectivity index (χ2n) is 2.64. The lowest BCUT2D eigenvalue weighted by atomic mass is 9.76. The highest BCUT2D eigenvalue weighted by atomic mass is 17.2. The molecule has 2 bridgehead atoms. The molecular weight excluding hydrogens is 127 g/mol. The molecule has 2 nitrogen and oxygen atoms in total. The highest BCUT2D eigenvalue weighted by molar-refractivity contribution is 6.50. The van der Waals surface area contributed by atoms with Gasteiger partial charge in [-0.05, 0) is 23.6 Å². The molecule has 0 N–H and O–H groups in total. The van der Waals surface area contributed by atoms with Crippen molar-refractivity contribution in [2.45, 2.75) is 6.42 Å². The monoisotopic (exact) mass is 131 g/mol. The Bertz CT molecular complexity index is 309. The van der Waals surface area contributed by atoms with Crippen LogP contribution in [0.3, 0.4) is 0 Å². The predicted octanol–water partition coefficient (Wildman–Crippen LogP) is 0.159. The van der Waals surface area contributed by atoms with E-state index in [1.807, 2.05) is 6.07 Å². The molecule has 1 radical (unpaired) electrons. The largest absolute Gasteiger partial charge is 0.403 e. The van der Waals surface area contributed by atoms with E-state index in [1.54, 1.807) is 7.48 Å². The smallest absolute Gasteiger partial charge is 0.355 e. The second-order valence-corrected chi connectivity index (χ2v) is 2.64. The summed E-state index contributed by atoms with van der Waals surface area (Å²) < 4.78 is 0. The number of hydrogen-bond donors (Lipinski definition) is 0. The zero-order valence-corrected chi connectivity index (χ0v) is 5.26. The molecule has 0 aromatic heterocycles. The summed E-state index contributed by atoms with van der Waals surface area (Å²) in [6.07, 6.45) is 1.09. The van der Waals surface area contributed by atoms with E-state index in [-0.39, 0.29) is 0 Å². The van der Waals surface area contributed by atoms with Crippen LogP contribution < -0.4 is 10.4 Å². The van der Waals surface area contributed by atoms with Crippen LogP contribution in [0.15, 0.2) is 12.1 Å². The third-order valence-electron chi connectivity index (χ3n) is 1.99. The van der Waals surface area contributed by atoms with E-state index in [1.165, 1.54) is 11.1 Å². The molecule has 1 aromatic carbocycles. The Kier molecular flexibility index (Phi) is 0.659. The summed E-state index contributed by atoms with van der Waals surface area (Å²) in [6.45, 7) is 0. The molecule has 0 unspecified atom stereocenters. The van der Waals surface area contributed by atoms with E-state index in [0.717, 1.165) is 17.6 Å². The third kappa shape index (κ3) is 0.410. The van der Waals surface area contributed by atoms with Gasteiger partial charge in [-0.1, -0.05) is 6.07 Å². The van der Waals surface area contributed by atoms with E-state index in [0.29, 0.717) is 0 Å². The van der Waals surface area contributed by atoms with Gasteiger partial charge in [-0.3, -0.25) is 4.81 Å². The second kappa shape index (κ2) is 1.37. The van der Waals surface area contributed by atoms with Crippen molar-refractivity contribution in [3.63, 3.8) is 0 Å². The molecule has 3 aliphatic rings. The fourth-order valence-electron chi connectivity index (χ4n) is 1.41. The van der Waals surface area contributed by atoms with Crippen LogP contribution in [-0.2, 0) is 11.2 Å². The summed E-state index contributed by atoms with van der Waals surface area (Å²) in [6, 6.07) is 4.18. The number of benzene rings is 1. The number of hydrogen-bond acceptors (Lipinski definition) is 2. The average Bonchev–Trinajstić information content (AvgIpc) is 2.29. The molecule has 2 aliphatic carbocycles. The number of rotatable bonds is 0. The van der Waals surface area contributed by atoms with Crippen molar-refractivity contribution in [3.05, 3.63) is 23.3 Å². The minimum Gasteiger partial charge on any atom is -0.355 e. The Balaban J connectivity index is 2.34. The van der Waals surface area contributed by atoms with Crippen LogP contribution in [0.5, 0.6) is 5.75 Å². The van der Waals surface area contributed by atoms with Gasteiger partial charge in [0, 0.05) is 5.46 Å². The van der Waals surface area contributed by atoms with Crippen LogP contribution in [0.4, 0.5) is 0 Å². The maximum Gasteiger partial charge on any atom is 0.403 e. The lowest BCUT2D eigenvalue weighted by Crippen LogP contribution is -2.21. The Labute approximate surface area is 59.0 Å². The first-order valence-corrected chi connectivity index (χ1v) is 3.26. The normalized spacial score (nSPS) is 16.8. The third-order valence-corrected chi connectivity index (χ3v) is 1.99. The van der Waals surface area contributed by atoms with E-state index in [4.69, 9.17) is 9.69 Å². The lowest BCUT2D eigenvalue weighted by molar-refractivity contribution is -0.0861.